The van der Waals surface area contributed by atoms with E-state index in [2.05, 4.69) is 45.6 Å². The Balaban J connectivity index is 1.89. The maximum atomic E-state index is 6.18. The largest absolute Gasteiger partial charge is 0.364 e. The van der Waals surface area contributed by atoms with E-state index in [1.807, 2.05) is 12.5 Å². The van der Waals surface area contributed by atoms with Crippen LogP contribution in [0.15, 0.2) is 36.8 Å². The van der Waals surface area contributed by atoms with Crippen LogP contribution in [0.2, 0.25) is 0 Å². The van der Waals surface area contributed by atoms with Gasteiger partial charge in [0, 0.05) is 31.0 Å². The molecule has 0 amide bonds. The summed E-state index contributed by atoms with van der Waals surface area (Å²) in [5.41, 5.74) is 10.1. The van der Waals surface area contributed by atoms with Crippen LogP contribution < -0.4 is 10.6 Å². The number of anilines is 1. The van der Waals surface area contributed by atoms with Gasteiger partial charge in [0.1, 0.15) is 0 Å². The summed E-state index contributed by atoms with van der Waals surface area (Å²) < 4.78 is 2.18. The van der Waals surface area contributed by atoms with Crippen molar-refractivity contribution >= 4 is 5.69 Å². The van der Waals surface area contributed by atoms with Crippen LogP contribution in [-0.2, 0) is 19.5 Å². The molecule has 1 aromatic heterocycles. The highest BCUT2D eigenvalue weighted by molar-refractivity contribution is 5.56. The molecule has 0 saturated carbocycles. The summed E-state index contributed by atoms with van der Waals surface area (Å²) in [6, 6.07) is 8.77. The third-order valence-electron chi connectivity index (χ3n) is 3.76. The molecule has 0 spiro atoms. The van der Waals surface area contributed by atoms with Crippen molar-refractivity contribution in [2.24, 2.45) is 5.73 Å². The first-order valence-electron chi connectivity index (χ1n) is 6.85. The van der Waals surface area contributed by atoms with Crippen LogP contribution in [0.5, 0.6) is 0 Å². The Bertz CT molecular complexity index is 561. The molecule has 3 rings (SSSR count). The Morgan fingerprint density at radius 3 is 3.05 bits per heavy atom. The van der Waals surface area contributed by atoms with Gasteiger partial charge in [-0.25, -0.2) is 4.98 Å². The molecular weight excluding hydrogens is 236 g/mol. The lowest BCUT2D eigenvalue weighted by Crippen LogP contribution is -2.43. The second-order valence-corrected chi connectivity index (χ2v) is 5.14. The van der Waals surface area contributed by atoms with E-state index < -0.39 is 0 Å². The molecule has 0 aliphatic carbocycles. The van der Waals surface area contributed by atoms with Gasteiger partial charge in [-0.2, -0.15) is 0 Å². The van der Waals surface area contributed by atoms with Crippen LogP contribution in [0.25, 0.3) is 0 Å². The van der Waals surface area contributed by atoms with E-state index in [0.717, 1.165) is 26.1 Å². The van der Waals surface area contributed by atoms with Crippen molar-refractivity contribution < 1.29 is 0 Å². The van der Waals surface area contributed by atoms with Crippen molar-refractivity contribution in [2.45, 2.75) is 32.5 Å². The summed E-state index contributed by atoms with van der Waals surface area (Å²) in [7, 11) is 0. The minimum absolute atomic E-state index is 0.216. The fraction of sp³-hybridized carbons (Fsp3) is 0.400. The number of fused-ring (bicyclic) bond motifs is 1. The third kappa shape index (κ3) is 2.36. The number of hydrogen-bond donors (Lipinski definition) is 1. The van der Waals surface area contributed by atoms with Gasteiger partial charge in [-0.3, -0.25) is 0 Å². The van der Waals surface area contributed by atoms with Crippen molar-refractivity contribution in [3.63, 3.8) is 0 Å². The van der Waals surface area contributed by atoms with Crippen molar-refractivity contribution in [2.75, 3.05) is 11.4 Å². The van der Waals surface area contributed by atoms with Gasteiger partial charge in [0.05, 0.1) is 18.6 Å². The van der Waals surface area contributed by atoms with Gasteiger partial charge in [-0.05, 0) is 25.0 Å². The van der Waals surface area contributed by atoms with E-state index in [1.54, 1.807) is 0 Å². The molecule has 2 heterocycles. The van der Waals surface area contributed by atoms with Crippen molar-refractivity contribution in [3.8, 4) is 0 Å². The lowest BCUT2D eigenvalue weighted by Gasteiger charge is -2.34. The molecule has 4 nitrogen and oxygen atoms in total. The molecule has 4 heteroatoms. The summed E-state index contributed by atoms with van der Waals surface area (Å²) in [6.45, 7) is 4.88. The van der Waals surface area contributed by atoms with Gasteiger partial charge in [-0.15, -0.1) is 0 Å². The molecule has 1 aliphatic heterocycles. The summed E-state index contributed by atoms with van der Waals surface area (Å²) >= 11 is 0. The second kappa shape index (κ2) is 5.05. The topological polar surface area (TPSA) is 47.1 Å². The Morgan fingerprint density at radius 1 is 1.37 bits per heavy atom. The molecule has 2 aromatic rings. The van der Waals surface area contributed by atoms with Crippen molar-refractivity contribution in [1.82, 2.24) is 9.55 Å². The first kappa shape index (κ1) is 12.2. The number of rotatable bonds is 3. The number of nitrogens with two attached hydrogens (primary N) is 1. The highest BCUT2D eigenvalue weighted by atomic mass is 15.2. The monoisotopic (exact) mass is 256 g/mol. The zero-order valence-corrected chi connectivity index (χ0v) is 11.3. The molecule has 1 aliphatic rings. The van der Waals surface area contributed by atoms with Crippen LogP contribution in [0.4, 0.5) is 5.69 Å². The predicted octanol–water partition coefficient (Wildman–Crippen LogP) is 1.79. The van der Waals surface area contributed by atoms with Gasteiger partial charge < -0.3 is 15.2 Å². The first-order valence-corrected chi connectivity index (χ1v) is 6.85. The highest BCUT2D eigenvalue weighted by Crippen LogP contribution is 2.27. The van der Waals surface area contributed by atoms with Crippen molar-refractivity contribution in [1.29, 1.82) is 0 Å². The Hall–Kier alpha value is -1.81. The summed E-state index contributed by atoms with van der Waals surface area (Å²) in [5.74, 6) is 0. The van der Waals surface area contributed by atoms with Gasteiger partial charge in [0.2, 0.25) is 0 Å². The number of hydrogen-bond acceptors (Lipinski definition) is 3. The minimum atomic E-state index is 0.216. The fourth-order valence-electron chi connectivity index (χ4n) is 2.83. The zero-order chi connectivity index (χ0) is 13.2. The van der Waals surface area contributed by atoms with E-state index in [1.165, 1.54) is 16.9 Å². The standard InChI is InChI=1S/C15H20N4/c1-2-18-11-17-8-14(18)10-19-9-13(16)7-12-5-3-4-6-15(12)19/h3-6,8,11,13H,2,7,9-10,16H2,1H3. The van der Waals surface area contributed by atoms with E-state index in [4.69, 9.17) is 5.73 Å². The summed E-state index contributed by atoms with van der Waals surface area (Å²) in [5, 5.41) is 0. The van der Waals surface area contributed by atoms with Crippen LogP contribution >= 0.6 is 0 Å². The SMILES string of the molecule is CCn1cncc1CN1CC(N)Cc2ccccc21. The zero-order valence-electron chi connectivity index (χ0n) is 11.3. The number of aryl methyl sites for hydroxylation is 1. The smallest absolute Gasteiger partial charge is 0.0948 e. The molecule has 0 radical (unpaired) electrons. The molecular formula is C15H20N4. The molecule has 0 bridgehead atoms. The number of nitrogens with zero attached hydrogens (tertiary/aromatic N) is 3. The quantitative estimate of drug-likeness (QED) is 0.911. The molecule has 1 unspecified atom stereocenters. The number of para-hydroxylation sites is 1. The molecule has 0 saturated heterocycles. The van der Waals surface area contributed by atoms with Crippen LogP contribution in [0.3, 0.4) is 0 Å². The first-order chi connectivity index (χ1) is 9.28. The predicted molar refractivity (Wildman–Crippen MR) is 77.1 cm³/mol. The molecule has 1 atom stereocenters. The van der Waals surface area contributed by atoms with Crippen molar-refractivity contribution in [3.05, 3.63) is 48.0 Å². The van der Waals surface area contributed by atoms with Crippen LogP contribution in [0, 0.1) is 0 Å². The third-order valence-corrected chi connectivity index (χ3v) is 3.76. The molecule has 1 aromatic carbocycles. The van der Waals surface area contributed by atoms with Crippen LogP contribution in [-0.4, -0.2) is 22.1 Å². The molecule has 0 fully saturated rings. The normalized spacial score (nSPS) is 18.4. The fourth-order valence-corrected chi connectivity index (χ4v) is 2.83. The number of aromatic nitrogens is 2. The number of imidazole rings is 1. The van der Waals surface area contributed by atoms with E-state index in [9.17, 15) is 0 Å². The van der Waals surface area contributed by atoms with E-state index in [-0.39, 0.29) is 6.04 Å². The minimum Gasteiger partial charge on any atom is -0.364 e. The van der Waals surface area contributed by atoms with Gasteiger partial charge in [0.15, 0.2) is 0 Å². The maximum absolute atomic E-state index is 6.18. The average Bonchev–Trinajstić information content (AvgIpc) is 2.86. The lowest BCUT2D eigenvalue weighted by atomic mass is 9.98. The average molecular weight is 256 g/mol. The molecule has 2 N–H and O–H groups in total. The Morgan fingerprint density at radius 2 is 2.21 bits per heavy atom. The highest BCUT2D eigenvalue weighted by Gasteiger charge is 2.22. The van der Waals surface area contributed by atoms with Crippen LogP contribution in [0.1, 0.15) is 18.2 Å². The molecule has 100 valence electrons. The Kier molecular flexibility index (Phi) is 3.25. The van der Waals surface area contributed by atoms with Gasteiger partial charge in [0.25, 0.3) is 0 Å². The lowest BCUT2D eigenvalue weighted by molar-refractivity contribution is 0.584. The Labute approximate surface area is 113 Å². The second-order valence-electron chi connectivity index (χ2n) is 5.14. The van der Waals surface area contributed by atoms with Gasteiger partial charge in [-0.1, -0.05) is 18.2 Å². The van der Waals surface area contributed by atoms with E-state index >= 15 is 0 Å². The summed E-state index contributed by atoms with van der Waals surface area (Å²) in [6.07, 6.45) is 4.82. The van der Waals surface area contributed by atoms with Gasteiger partial charge >= 0.3 is 0 Å². The van der Waals surface area contributed by atoms with E-state index in [0.29, 0.717) is 0 Å². The molecule has 19 heavy (non-hydrogen) atoms. The maximum Gasteiger partial charge on any atom is 0.0948 e. The summed E-state index contributed by atoms with van der Waals surface area (Å²) in [4.78, 5) is 6.61. The number of benzene rings is 1.